The van der Waals surface area contributed by atoms with Crippen molar-refractivity contribution in [3.63, 3.8) is 0 Å². The largest absolute Gasteiger partial charge is 0.356 e. The van der Waals surface area contributed by atoms with Crippen molar-refractivity contribution in [3.05, 3.63) is 81.8 Å². The summed E-state index contributed by atoms with van der Waals surface area (Å²) in [6, 6.07) is 17.2. The van der Waals surface area contributed by atoms with E-state index in [4.69, 9.17) is 15.5 Å². The van der Waals surface area contributed by atoms with Gasteiger partial charge in [0.15, 0.2) is 5.58 Å². The fraction of sp³-hybridized carbons (Fsp3) is 0.0952. The molecule has 2 aromatic carbocycles. The van der Waals surface area contributed by atoms with Gasteiger partial charge in [0.2, 0.25) is 0 Å². The Bertz CT molecular complexity index is 1210. The SMILES string of the molecule is N#Cc1ccc(F)c(C[C@H](N)c2ccccc2-c2noc3cc(Br)ccc23)n1. The van der Waals surface area contributed by atoms with Crippen LogP contribution in [0.15, 0.2) is 63.6 Å². The van der Waals surface area contributed by atoms with E-state index in [1.54, 1.807) is 0 Å². The first kappa shape index (κ1) is 18.3. The third kappa shape index (κ3) is 3.40. The van der Waals surface area contributed by atoms with Gasteiger partial charge in [-0.3, -0.25) is 0 Å². The van der Waals surface area contributed by atoms with Gasteiger partial charge in [0, 0.05) is 27.9 Å². The van der Waals surface area contributed by atoms with Crippen molar-refractivity contribution in [2.45, 2.75) is 12.5 Å². The number of nitriles is 1. The minimum absolute atomic E-state index is 0.152. The summed E-state index contributed by atoms with van der Waals surface area (Å²) in [5, 5.41) is 14.1. The van der Waals surface area contributed by atoms with E-state index in [1.807, 2.05) is 48.5 Å². The summed E-state index contributed by atoms with van der Waals surface area (Å²) in [7, 11) is 0. The second-order valence-corrected chi connectivity index (χ2v) is 7.22. The van der Waals surface area contributed by atoms with Gasteiger partial charge in [-0.05, 0) is 35.9 Å². The highest BCUT2D eigenvalue weighted by Crippen LogP contribution is 2.34. The quantitative estimate of drug-likeness (QED) is 0.490. The Balaban J connectivity index is 1.74. The Labute approximate surface area is 168 Å². The molecule has 138 valence electrons. The van der Waals surface area contributed by atoms with Crippen LogP contribution in [0.1, 0.15) is 23.0 Å². The number of aromatic nitrogens is 2. The van der Waals surface area contributed by atoms with Gasteiger partial charge >= 0.3 is 0 Å². The number of nitrogens with zero attached hydrogens (tertiary/aromatic N) is 3. The van der Waals surface area contributed by atoms with E-state index in [2.05, 4.69) is 26.1 Å². The number of nitrogens with two attached hydrogens (primary N) is 1. The molecule has 4 rings (SSSR count). The lowest BCUT2D eigenvalue weighted by Gasteiger charge is -2.16. The molecule has 0 unspecified atom stereocenters. The monoisotopic (exact) mass is 436 g/mol. The second-order valence-electron chi connectivity index (χ2n) is 6.31. The van der Waals surface area contributed by atoms with E-state index < -0.39 is 11.9 Å². The molecule has 0 saturated carbocycles. The van der Waals surface area contributed by atoms with Gasteiger partial charge in [0.05, 0.1) is 5.69 Å². The highest BCUT2D eigenvalue weighted by Gasteiger charge is 2.19. The van der Waals surface area contributed by atoms with E-state index in [0.29, 0.717) is 11.3 Å². The summed E-state index contributed by atoms with van der Waals surface area (Å²) in [5.74, 6) is -0.483. The van der Waals surface area contributed by atoms with E-state index in [0.717, 1.165) is 21.0 Å². The predicted molar refractivity (Wildman–Crippen MR) is 107 cm³/mol. The molecule has 5 nitrogen and oxygen atoms in total. The fourth-order valence-electron chi connectivity index (χ4n) is 3.15. The molecule has 2 aromatic heterocycles. The molecule has 7 heteroatoms. The molecule has 0 saturated heterocycles. The van der Waals surface area contributed by atoms with Crippen LogP contribution in [-0.2, 0) is 6.42 Å². The zero-order chi connectivity index (χ0) is 19.7. The summed E-state index contributed by atoms with van der Waals surface area (Å²) in [5.41, 5.74) is 9.66. The Morgan fingerprint density at radius 1 is 1.18 bits per heavy atom. The van der Waals surface area contributed by atoms with Crippen molar-refractivity contribution in [1.29, 1.82) is 5.26 Å². The van der Waals surface area contributed by atoms with Crippen molar-refractivity contribution in [2.75, 3.05) is 0 Å². The van der Waals surface area contributed by atoms with Crippen molar-refractivity contribution >= 4 is 26.9 Å². The van der Waals surface area contributed by atoms with Gasteiger partial charge in [-0.1, -0.05) is 45.4 Å². The topological polar surface area (TPSA) is 88.7 Å². The van der Waals surface area contributed by atoms with Crippen LogP contribution in [0.3, 0.4) is 0 Å². The number of pyridine rings is 1. The summed E-state index contributed by atoms with van der Waals surface area (Å²) < 4.78 is 20.5. The smallest absolute Gasteiger partial charge is 0.168 e. The minimum atomic E-state index is -0.533. The normalized spacial score (nSPS) is 12.1. The average Bonchev–Trinajstić information content (AvgIpc) is 3.12. The van der Waals surface area contributed by atoms with Crippen LogP contribution in [0.2, 0.25) is 0 Å². The maximum Gasteiger partial charge on any atom is 0.168 e. The van der Waals surface area contributed by atoms with E-state index in [9.17, 15) is 4.39 Å². The average molecular weight is 437 g/mol. The summed E-state index contributed by atoms with van der Waals surface area (Å²) in [4.78, 5) is 4.05. The van der Waals surface area contributed by atoms with Crippen LogP contribution in [0, 0.1) is 17.1 Å². The third-order valence-corrected chi connectivity index (χ3v) is 4.99. The molecule has 0 radical (unpaired) electrons. The molecule has 1 atom stereocenters. The molecular weight excluding hydrogens is 423 g/mol. The number of benzene rings is 2. The van der Waals surface area contributed by atoms with Crippen molar-refractivity contribution < 1.29 is 8.91 Å². The Kier molecular flexibility index (Phi) is 4.90. The lowest BCUT2D eigenvalue weighted by atomic mass is 9.94. The molecule has 28 heavy (non-hydrogen) atoms. The zero-order valence-electron chi connectivity index (χ0n) is 14.6. The maximum absolute atomic E-state index is 14.1. The first-order valence-corrected chi connectivity index (χ1v) is 9.31. The molecule has 0 fully saturated rings. The number of rotatable bonds is 4. The van der Waals surface area contributed by atoms with E-state index >= 15 is 0 Å². The van der Waals surface area contributed by atoms with E-state index in [-0.39, 0.29) is 17.8 Å². The molecule has 2 heterocycles. The fourth-order valence-corrected chi connectivity index (χ4v) is 3.49. The highest BCUT2D eigenvalue weighted by atomic mass is 79.9. The van der Waals surface area contributed by atoms with Crippen molar-refractivity contribution in [2.24, 2.45) is 5.73 Å². The Morgan fingerprint density at radius 3 is 2.82 bits per heavy atom. The van der Waals surface area contributed by atoms with Gasteiger partial charge in [-0.2, -0.15) is 5.26 Å². The number of halogens is 2. The Morgan fingerprint density at radius 2 is 2.00 bits per heavy atom. The lowest BCUT2D eigenvalue weighted by Crippen LogP contribution is -2.16. The van der Waals surface area contributed by atoms with Crippen LogP contribution < -0.4 is 5.73 Å². The molecule has 0 amide bonds. The van der Waals surface area contributed by atoms with Gasteiger partial charge < -0.3 is 10.3 Å². The van der Waals surface area contributed by atoms with Crippen LogP contribution in [0.5, 0.6) is 0 Å². The Hall–Kier alpha value is -3.08. The first-order chi connectivity index (χ1) is 13.6. The van der Waals surface area contributed by atoms with E-state index in [1.165, 1.54) is 12.1 Å². The molecule has 0 aliphatic rings. The molecule has 0 bridgehead atoms. The number of hydrogen-bond acceptors (Lipinski definition) is 5. The standard InChI is InChI=1S/C21H14BrFN4O/c22-12-5-7-16-20(9-12)28-27-21(16)15-4-2-1-3-14(15)18(25)10-19-17(23)8-6-13(11-24)26-19/h1-9,18H,10,25H2/t18-/m0/s1. The van der Waals surface area contributed by atoms with Crippen molar-refractivity contribution in [3.8, 4) is 17.3 Å². The maximum atomic E-state index is 14.1. The molecule has 0 aliphatic heterocycles. The van der Waals surface area contributed by atoms with Crippen LogP contribution in [0.4, 0.5) is 4.39 Å². The van der Waals surface area contributed by atoms with Crippen LogP contribution >= 0.6 is 15.9 Å². The van der Waals surface area contributed by atoms with Crippen LogP contribution in [0.25, 0.3) is 22.2 Å². The predicted octanol–water partition coefficient (Wildman–Crippen LogP) is 4.91. The molecule has 0 aliphatic carbocycles. The molecular formula is C21H14BrFN4O. The highest BCUT2D eigenvalue weighted by molar-refractivity contribution is 9.10. The van der Waals surface area contributed by atoms with Gasteiger partial charge in [-0.15, -0.1) is 0 Å². The number of fused-ring (bicyclic) bond motifs is 1. The summed E-state index contributed by atoms with van der Waals surface area (Å²) in [6.45, 7) is 0. The van der Waals surface area contributed by atoms with Gasteiger partial charge in [0.25, 0.3) is 0 Å². The van der Waals surface area contributed by atoms with Gasteiger partial charge in [-0.25, -0.2) is 9.37 Å². The third-order valence-electron chi connectivity index (χ3n) is 4.50. The van der Waals surface area contributed by atoms with Crippen LogP contribution in [-0.4, -0.2) is 10.1 Å². The zero-order valence-corrected chi connectivity index (χ0v) is 16.1. The van der Waals surface area contributed by atoms with Crippen molar-refractivity contribution in [1.82, 2.24) is 10.1 Å². The number of hydrogen-bond donors (Lipinski definition) is 1. The lowest BCUT2D eigenvalue weighted by molar-refractivity contribution is 0.459. The summed E-state index contributed by atoms with van der Waals surface area (Å²) in [6.07, 6.45) is 0.152. The minimum Gasteiger partial charge on any atom is -0.356 e. The first-order valence-electron chi connectivity index (χ1n) is 8.52. The van der Waals surface area contributed by atoms with Gasteiger partial charge in [0.1, 0.15) is 23.3 Å². The second kappa shape index (κ2) is 7.50. The summed E-state index contributed by atoms with van der Waals surface area (Å²) >= 11 is 3.42. The molecule has 2 N–H and O–H groups in total. The molecule has 0 spiro atoms. The molecule has 4 aromatic rings.